The predicted molar refractivity (Wildman–Crippen MR) is 181 cm³/mol. The molecule has 7 rings (SSSR count). The zero-order chi connectivity index (χ0) is 33.2. The Balaban J connectivity index is 1.05. The van der Waals surface area contributed by atoms with Gasteiger partial charge in [-0.05, 0) is 81.3 Å². The van der Waals surface area contributed by atoms with Crippen molar-refractivity contribution in [1.82, 2.24) is 24.8 Å². The zero-order valence-corrected chi connectivity index (χ0v) is 27.2. The minimum Gasteiger partial charge on any atom is -0.394 e. The van der Waals surface area contributed by atoms with Crippen LogP contribution in [0.5, 0.6) is 0 Å². The molecule has 4 unspecified atom stereocenters. The fourth-order valence-corrected chi connectivity index (χ4v) is 7.05. The smallest absolute Gasteiger partial charge is 0.323 e. The number of likely N-dealkylation sites (N-methyl/N-ethyl adjacent to an activating group) is 1. The normalized spacial score (nSPS) is 24.2. The Bertz CT molecular complexity index is 1580. The lowest BCUT2D eigenvalue weighted by Gasteiger charge is -2.33. The van der Waals surface area contributed by atoms with Gasteiger partial charge in [0.2, 0.25) is 11.9 Å². The Kier molecular flexibility index (Phi) is 9.39. The van der Waals surface area contributed by atoms with Crippen molar-refractivity contribution >= 4 is 35.2 Å². The molecule has 2 bridgehead atoms. The van der Waals surface area contributed by atoms with E-state index >= 15 is 0 Å². The van der Waals surface area contributed by atoms with E-state index in [9.17, 15) is 19.8 Å². The fraction of sp³-hybridized carbons (Fsp3) is 0.500. The maximum atomic E-state index is 12.8. The van der Waals surface area contributed by atoms with Crippen LogP contribution in [0.2, 0.25) is 0 Å². The van der Waals surface area contributed by atoms with Gasteiger partial charge in [-0.2, -0.15) is 15.0 Å². The average Bonchev–Trinajstić information content (AvgIpc) is 3.70. The number of morpholine rings is 1. The van der Waals surface area contributed by atoms with Crippen molar-refractivity contribution in [2.24, 2.45) is 0 Å². The molecule has 4 N–H and O–H groups in total. The highest BCUT2D eigenvalue weighted by Gasteiger charge is 2.38. The van der Waals surface area contributed by atoms with Crippen molar-refractivity contribution in [2.45, 2.75) is 50.0 Å². The Morgan fingerprint density at radius 3 is 1.92 bits per heavy atom. The van der Waals surface area contributed by atoms with Crippen LogP contribution in [-0.4, -0.2) is 131 Å². The number of ether oxygens (including phenoxy) is 1. The summed E-state index contributed by atoms with van der Waals surface area (Å²) in [4.78, 5) is 48.4. The zero-order valence-electron chi connectivity index (χ0n) is 27.2. The number of carbonyl (C=O) groups is 2. The van der Waals surface area contributed by atoms with Gasteiger partial charge >= 0.3 is 6.03 Å². The molecule has 0 saturated carbocycles. The summed E-state index contributed by atoms with van der Waals surface area (Å²) in [6, 6.07) is 13.4. The Morgan fingerprint density at radius 1 is 0.771 bits per heavy atom. The van der Waals surface area contributed by atoms with Crippen molar-refractivity contribution in [3.05, 3.63) is 54.1 Å². The topological polar surface area (TPSA) is 160 Å². The number of aliphatic hydroxyl groups is 2. The third-order valence-corrected chi connectivity index (χ3v) is 9.79. The van der Waals surface area contributed by atoms with Crippen molar-refractivity contribution < 1.29 is 24.5 Å². The van der Waals surface area contributed by atoms with Gasteiger partial charge in [0, 0.05) is 61.8 Å². The third-order valence-electron chi connectivity index (χ3n) is 9.79. The molecule has 48 heavy (non-hydrogen) atoms. The standard InChI is InChI=1S/C34H43N9O5/c1-40-14-16-41(17-15-40)31(46)23-4-8-25(9-5-23)36-34(47)35-24-6-2-22(3-7-24)30-37-32(42-18-28-12-13-29(19-42)48-28)39-33(38-30)43-26(20-44)10-11-27(43)21-45/h2-9,26-29,44-45H,10-21H2,1H3,(H2,35,36,47). The Hall–Kier alpha value is -4.37. The van der Waals surface area contributed by atoms with Crippen molar-refractivity contribution in [3.8, 4) is 11.4 Å². The number of nitrogens with zero attached hydrogens (tertiary/aromatic N) is 7. The number of amides is 3. The predicted octanol–water partition coefficient (Wildman–Crippen LogP) is 2.26. The first-order valence-electron chi connectivity index (χ1n) is 16.8. The van der Waals surface area contributed by atoms with Gasteiger partial charge in [-0.15, -0.1) is 0 Å². The number of nitrogens with one attached hydrogen (secondary N) is 2. The van der Waals surface area contributed by atoms with E-state index in [1.54, 1.807) is 36.4 Å². The second-order valence-electron chi connectivity index (χ2n) is 13.1. The van der Waals surface area contributed by atoms with Crippen LogP contribution in [0.4, 0.5) is 28.1 Å². The molecule has 14 nitrogen and oxygen atoms in total. The van der Waals surface area contributed by atoms with Gasteiger partial charge in [0.1, 0.15) is 0 Å². The number of urea groups is 1. The van der Waals surface area contributed by atoms with E-state index in [0.717, 1.165) is 44.3 Å². The Morgan fingerprint density at radius 2 is 1.33 bits per heavy atom. The summed E-state index contributed by atoms with van der Waals surface area (Å²) >= 11 is 0. The molecular formula is C34H43N9O5. The molecule has 1 aromatic heterocycles. The van der Waals surface area contributed by atoms with Crippen molar-refractivity contribution in [3.63, 3.8) is 0 Å². The number of carbonyl (C=O) groups excluding carboxylic acids is 2. The van der Waals surface area contributed by atoms with Gasteiger partial charge in [-0.25, -0.2) is 4.79 Å². The van der Waals surface area contributed by atoms with Gasteiger partial charge in [0.05, 0.1) is 37.5 Å². The first-order valence-corrected chi connectivity index (χ1v) is 16.8. The summed E-state index contributed by atoms with van der Waals surface area (Å²) in [7, 11) is 2.05. The number of aromatic nitrogens is 3. The van der Waals surface area contributed by atoms with E-state index in [2.05, 4.69) is 27.5 Å². The first-order chi connectivity index (χ1) is 23.4. The molecule has 4 atom stereocenters. The molecule has 0 aliphatic carbocycles. The average molecular weight is 658 g/mol. The van der Waals surface area contributed by atoms with Crippen LogP contribution >= 0.6 is 0 Å². The van der Waals surface area contributed by atoms with Crippen LogP contribution in [0.15, 0.2) is 48.5 Å². The summed E-state index contributed by atoms with van der Waals surface area (Å²) < 4.78 is 6.04. The van der Waals surface area contributed by atoms with Crippen LogP contribution in [0.1, 0.15) is 36.0 Å². The summed E-state index contributed by atoms with van der Waals surface area (Å²) in [5, 5.41) is 25.9. The minimum atomic E-state index is -0.410. The highest BCUT2D eigenvalue weighted by molar-refractivity contribution is 6.00. The van der Waals surface area contributed by atoms with E-state index in [4.69, 9.17) is 19.7 Å². The first kappa shape index (κ1) is 32.2. The number of aliphatic hydroxyl groups excluding tert-OH is 2. The van der Waals surface area contributed by atoms with E-state index in [1.165, 1.54) is 0 Å². The van der Waals surface area contributed by atoms with Crippen molar-refractivity contribution in [2.75, 3.05) is 80.0 Å². The molecule has 254 valence electrons. The van der Waals surface area contributed by atoms with E-state index in [0.29, 0.717) is 60.8 Å². The number of fused-ring (bicyclic) bond motifs is 2. The third kappa shape index (κ3) is 6.92. The number of anilines is 4. The van der Waals surface area contributed by atoms with Gasteiger partial charge in [0.15, 0.2) is 5.82 Å². The SMILES string of the molecule is CN1CCN(C(=O)c2ccc(NC(=O)Nc3ccc(-c4nc(N5CC6CCC(C5)O6)nc(N5C(CO)CCC5CO)n4)cc3)cc2)CC1. The number of piperazine rings is 1. The molecule has 0 radical (unpaired) electrons. The monoisotopic (exact) mass is 657 g/mol. The Labute approximate surface area is 279 Å². The molecule has 4 saturated heterocycles. The second kappa shape index (κ2) is 14.0. The molecule has 4 aliphatic heterocycles. The van der Waals surface area contributed by atoms with E-state index < -0.39 is 6.03 Å². The number of benzene rings is 2. The highest BCUT2D eigenvalue weighted by Crippen LogP contribution is 2.33. The molecule has 3 aromatic rings. The van der Waals surface area contributed by atoms with Crippen LogP contribution in [0.25, 0.3) is 11.4 Å². The van der Waals surface area contributed by atoms with E-state index in [-0.39, 0.29) is 43.4 Å². The van der Waals surface area contributed by atoms with E-state index in [1.807, 2.05) is 21.9 Å². The summed E-state index contributed by atoms with van der Waals surface area (Å²) in [5.41, 5.74) is 2.49. The fourth-order valence-electron chi connectivity index (χ4n) is 7.05. The molecule has 3 amide bonds. The van der Waals surface area contributed by atoms with Gasteiger partial charge < -0.3 is 45.2 Å². The van der Waals surface area contributed by atoms with Crippen LogP contribution in [-0.2, 0) is 4.74 Å². The largest absolute Gasteiger partial charge is 0.394 e. The second-order valence-corrected chi connectivity index (χ2v) is 13.1. The summed E-state index contributed by atoms with van der Waals surface area (Å²) in [6.07, 6.45) is 3.80. The molecule has 4 fully saturated rings. The summed E-state index contributed by atoms with van der Waals surface area (Å²) in [6.45, 7) is 4.38. The minimum absolute atomic E-state index is 0.00415. The number of hydrogen-bond acceptors (Lipinski definition) is 11. The van der Waals surface area contributed by atoms with Crippen LogP contribution in [0.3, 0.4) is 0 Å². The van der Waals surface area contributed by atoms with Gasteiger partial charge in [-0.3, -0.25) is 4.79 Å². The highest BCUT2D eigenvalue weighted by atomic mass is 16.5. The van der Waals surface area contributed by atoms with Gasteiger partial charge in [0.25, 0.3) is 5.91 Å². The molecule has 0 spiro atoms. The molecule has 14 heteroatoms. The maximum absolute atomic E-state index is 12.8. The number of hydrogen-bond donors (Lipinski definition) is 4. The van der Waals surface area contributed by atoms with Crippen LogP contribution in [0, 0.1) is 0 Å². The molecule has 2 aromatic carbocycles. The lowest BCUT2D eigenvalue weighted by molar-refractivity contribution is 0.0299. The van der Waals surface area contributed by atoms with Gasteiger partial charge in [-0.1, -0.05) is 0 Å². The lowest BCUT2D eigenvalue weighted by Crippen LogP contribution is -2.47. The molecule has 4 aliphatic rings. The van der Waals surface area contributed by atoms with Crippen molar-refractivity contribution in [1.29, 1.82) is 0 Å². The molecular weight excluding hydrogens is 614 g/mol. The summed E-state index contributed by atoms with van der Waals surface area (Å²) in [5.74, 6) is 1.45. The molecule has 5 heterocycles. The van der Waals surface area contributed by atoms with Crippen LogP contribution < -0.4 is 20.4 Å². The number of rotatable bonds is 8. The quantitative estimate of drug-likeness (QED) is 0.282. The lowest BCUT2D eigenvalue weighted by atomic mass is 10.1. The maximum Gasteiger partial charge on any atom is 0.323 e.